The van der Waals surface area contributed by atoms with Gasteiger partial charge in [-0.2, -0.15) is 0 Å². The molecule has 8 aliphatic heterocycles. The minimum atomic E-state index is -1.43. The third kappa shape index (κ3) is 36.1. The highest BCUT2D eigenvalue weighted by Gasteiger charge is 2.69. The maximum Gasteiger partial charge on any atom is 0.408 e. The van der Waals surface area contributed by atoms with Gasteiger partial charge in [-0.3, -0.25) is 4.79 Å². The van der Waals surface area contributed by atoms with Crippen LogP contribution >= 0.6 is 0 Å². The van der Waals surface area contributed by atoms with Gasteiger partial charge < -0.3 is 168 Å². The van der Waals surface area contributed by atoms with Gasteiger partial charge in [0.15, 0.2) is 36.2 Å². The summed E-state index contributed by atoms with van der Waals surface area (Å²) >= 11 is 0. The highest BCUT2D eigenvalue weighted by molar-refractivity contribution is 5.77. The summed E-state index contributed by atoms with van der Waals surface area (Å²) < 4.78 is 185. The van der Waals surface area contributed by atoms with Gasteiger partial charge in [-0.25, -0.2) is 28.4 Å². The molecule has 2 unspecified atom stereocenters. The molecule has 1 aromatic carbocycles. The highest BCUT2D eigenvalue weighted by atomic mass is 16.8. The summed E-state index contributed by atoms with van der Waals surface area (Å²) in [7, 11) is 0. The van der Waals surface area contributed by atoms with Crippen molar-refractivity contribution >= 4 is 24.2 Å². The van der Waals surface area contributed by atoms with Gasteiger partial charge in [-0.15, -0.1) is 15.3 Å². The van der Waals surface area contributed by atoms with E-state index in [2.05, 4.69) is 52.2 Å². The number of carbonyl (C=O) groups excluding carboxylic acids is 4. The van der Waals surface area contributed by atoms with E-state index >= 15 is 0 Å². The van der Waals surface area contributed by atoms with E-state index in [1.807, 2.05) is 58.0 Å². The van der Waals surface area contributed by atoms with E-state index in [-0.39, 0.29) is 111 Å². The first-order valence-corrected chi connectivity index (χ1v) is 48.5. The van der Waals surface area contributed by atoms with E-state index in [0.29, 0.717) is 169 Å². The third-order valence-electron chi connectivity index (χ3n) is 22.8. The number of amides is 4. The number of nitrogens with zero attached hydrogens (tertiary/aromatic N) is 9. The Labute approximate surface area is 823 Å². The van der Waals surface area contributed by atoms with Gasteiger partial charge >= 0.3 is 18.3 Å². The zero-order chi connectivity index (χ0) is 101. The lowest BCUT2D eigenvalue weighted by Crippen LogP contribution is -2.68. The average Bonchev–Trinajstić information content (AvgIpc) is 1.57. The molecule has 141 heavy (non-hydrogen) atoms. The molecular weight excluding hydrogens is 1860 g/mol. The number of benzene rings is 1. The Hall–Kier alpha value is -7.20. The number of aromatic nitrogens is 9. The first-order valence-electron chi connectivity index (χ1n) is 48.5. The van der Waals surface area contributed by atoms with Crippen molar-refractivity contribution < 1.29 is 166 Å². The third-order valence-corrected chi connectivity index (χ3v) is 22.8. The zero-order valence-corrected chi connectivity index (χ0v) is 84.5. The molecule has 11 heterocycles. The van der Waals surface area contributed by atoms with Gasteiger partial charge in [-0.1, -0.05) is 46.0 Å². The minimum absolute atomic E-state index is 0.00295. The fourth-order valence-electron chi connectivity index (χ4n) is 16.7. The molecule has 798 valence electrons. The zero-order valence-electron chi connectivity index (χ0n) is 84.5. The smallest absolute Gasteiger partial charge is 0.408 e. The maximum atomic E-state index is 14.2. The summed E-state index contributed by atoms with van der Waals surface area (Å²) in [6.07, 6.45) is -2.91. The molecule has 0 spiro atoms. The fourth-order valence-corrected chi connectivity index (χ4v) is 16.7. The van der Waals surface area contributed by atoms with Gasteiger partial charge in [0.05, 0.1) is 256 Å². The fraction of sp³-hybridized carbons (Fsp3) is 0.828. The topological polar surface area (TPSA) is 506 Å². The van der Waals surface area contributed by atoms with Gasteiger partial charge in [0.25, 0.3) is 0 Å². The SMILES string of the molecule is CC(C)(C)OC(=O)N[C@@H]1[C@H]2OC(C)(C)O[C@H]2[C@@](C)(COCCOCCOCCOCCn2cc(COCC(COCc3cn(CCOCCOCCOCCOC[C@@]45COC(O4)[C@H](NC(=O)OC(C)(C)C)[C@H]4OC(C)(C)O[C@H]45)nn3)(COCc3cn(CCOCCOCCOCCOC[C@@]45COC(O4)[C@H](NC(=O)OC(C)(C)C)[C@H]4OC(C)(C)O[C@H]45)nn3)NC(=O)CCCOCc3ccccc3)nn2)O[C@@H]1O. The lowest BCUT2D eigenvalue weighted by molar-refractivity contribution is -0.279. The minimum Gasteiger partial charge on any atom is -0.444 e. The van der Waals surface area contributed by atoms with Crippen LogP contribution in [0.1, 0.15) is 146 Å². The van der Waals surface area contributed by atoms with Crippen LogP contribution in [0.4, 0.5) is 14.4 Å². The predicted molar refractivity (Wildman–Crippen MR) is 489 cm³/mol. The van der Waals surface area contributed by atoms with Crippen molar-refractivity contribution in [1.82, 2.24) is 66.2 Å². The van der Waals surface area contributed by atoms with Crippen molar-refractivity contribution in [2.45, 2.75) is 300 Å². The first kappa shape index (κ1) is 113. The molecule has 15 atom stereocenters. The van der Waals surface area contributed by atoms with Gasteiger partial charge in [0.1, 0.15) is 111 Å². The quantitative estimate of drug-likeness (QED) is 0.0307. The number of rotatable bonds is 64. The van der Waals surface area contributed by atoms with Crippen LogP contribution in [-0.2, 0) is 193 Å². The molecule has 12 rings (SSSR count). The molecule has 48 nitrogen and oxygen atoms in total. The molecule has 4 bridgehead atoms. The second-order valence-corrected chi connectivity index (χ2v) is 40.2. The number of fused-ring (bicyclic) bond motifs is 9. The monoisotopic (exact) mass is 2010 g/mol. The number of carbonyl (C=O) groups is 4. The average molecular weight is 2010 g/mol. The number of ether oxygens (including phenoxy) is 30. The Morgan fingerprint density at radius 3 is 1.09 bits per heavy atom. The van der Waals surface area contributed by atoms with E-state index in [9.17, 15) is 24.3 Å². The van der Waals surface area contributed by atoms with Crippen molar-refractivity contribution in [2.24, 2.45) is 0 Å². The molecule has 0 saturated carbocycles. The Bertz CT molecular complexity index is 4220. The summed E-state index contributed by atoms with van der Waals surface area (Å²) in [5.74, 6) is -3.18. The Morgan fingerprint density at radius 2 is 0.716 bits per heavy atom. The molecule has 4 amide bonds. The summed E-state index contributed by atoms with van der Waals surface area (Å²) in [6, 6.07) is 7.49. The molecule has 8 saturated heterocycles. The van der Waals surface area contributed by atoms with Crippen molar-refractivity contribution in [2.75, 3.05) is 198 Å². The van der Waals surface area contributed by atoms with Crippen molar-refractivity contribution in [3.8, 4) is 0 Å². The summed E-state index contributed by atoms with van der Waals surface area (Å²) in [6.45, 7) is 37.2. The van der Waals surface area contributed by atoms with Crippen molar-refractivity contribution in [3.05, 3.63) is 71.6 Å². The molecule has 0 aliphatic carbocycles. The lowest BCUT2D eigenvalue weighted by Gasteiger charge is -2.46. The number of nitrogens with one attached hydrogen (secondary N) is 4. The number of aliphatic hydroxyl groups excluding tert-OH is 1. The standard InChI is InChI=1S/C93H151N13O35/c1-84(2,3)139-81(109)94-69-72-75(133-87(10,11)130-72)90(16,136-78(69)108)56-122-46-43-118-40-37-115-34-31-112-28-24-104-49-65(98-101-104)53-125-57-91(97-68(107)23-20-27-121-52-64-21-18-17-19-22-64,58-126-54-66-50-105(102-99-66)25-29-113-32-35-116-38-41-119-44-47-123-60-92-62-128-79(137-92)70(95-82(110)140-85(4,5)6)73-76(92)134-88(12,13)131-73)59-127-55-67-51-106(103-100-67)26-30-114-33-36-117-39-42-120-45-48-124-61-93-63-129-80(138-93)71(96-83(111)141-86(7,8)9)74-77(93)135-89(14,15)132-74/h17-19,21-22,49-51,69-80,108H,20,23-48,52-63H2,1-16H3,(H,94,109)(H,95,110)(H,96,111)(H,97,107)/t69-,70-,71-,72-,73-,74-,75-,76-,77-,78+,79?,80?,90-,91?,92+,93+/m1/s1. The molecule has 4 aromatic rings. The van der Waals surface area contributed by atoms with Crippen LogP contribution in [0.3, 0.4) is 0 Å². The van der Waals surface area contributed by atoms with Crippen LogP contribution in [0.2, 0.25) is 0 Å². The molecule has 48 heteroatoms. The molecular formula is C93H151N13O35. The summed E-state index contributed by atoms with van der Waals surface area (Å²) in [4.78, 5) is 52.5. The molecule has 3 aromatic heterocycles. The molecule has 8 aliphatic rings. The van der Waals surface area contributed by atoms with Crippen LogP contribution in [0.5, 0.6) is 0 Å². The lowest BCUT2D eigenvalue weighted by atomic mass is 9.87. The Kier molecular flexibility index (Phi) is 42.2. The highest BCUT2D eigenvalue weighted by Crippen LogP contribution is 2.49. The second-order valence-electron chi connectivity index (χ2n) is 40.2. The molecule has 5 N–H and O–H groups in total. The maximum absolute atomic E-state index is 14.2. The van der Waals surface area contributed by atoms with Crippen LogP contribution < -0.4 is 21.3 Å². The van der Waals surface area contributed by atoms with E-state index in [4.69, 9.17) is 142 Å². The van der Waals surface area contributed by atoms with Crippen molar-refractivity contribution in [3.63, 3.8) is 0 Å². The molecule has 0 radical (unpaired) electrons. The van der Waals surface area contributed by atoms with Crippen LogP contribution in [-0.4, -0.2) is 403 Å². The Balaban J connectivity index is 0.561. The number of alkyl carbamates (subject to hydrolysis) is 3. The van der Waals surface area contributed by atoms with Crippen molar-refractivity contribution in [1.29, 1.82) is 0 Å². The van der Waals surface area contributed by atoms with E-state index < -0.39 is 148 Å². The molecule has 8 fully saturated rings. The largest absolute Gasteiger partial charge is 0.444 e. The normalized spacial score (nSPS) is 26.8. The van der Waals surface area contributed by atoms with E-state index in [0.717, 1.165) is 5.56 Å². The number of hydrogen-bond acceptors (Lipinski definition) is 41. The van der Waals surface area contributed by atoms with Gasteiger partial charge in [0, 0.05) is 13.0 Å². The first-order chi connectivity index (χ1) is 67.2. The summed E-state index contributed by atoms with van der Waals surface area (Å²) in [5, 5.41) is 48.8. The van der Waals surface area contributed by atoms with Gasteiger partial charge in [-0.05, 0) is 123 Å². The van der Waals surface area contributed by atoms with Crippen LogP contribution in [0.25, 0.3) is 0 Å². The number of aliphatic hydroxyl groups is 1. The summed E-state index contributed by atoms with van der Waals surface area (Å²) in [5.41, 5.74) is -3.93. The van der Waals surface area contributed by atoms with Gasteiger partial charge in [0.2, 0.25) is 5.91 Å². The van der Waals surface area contributed by atoms with Crippen LogP contribution in [0, 0.1) is 0 Å². The van der Waals surface area contributed by atoms with E-state index in [1.54, 1.807) is 116 Å². The number of hydrogen-bond donors (Lipinski definition) is 5. The Morgan fingerprint density at radius 1 is 0.383 bits per heavy atom. The van der Waals surface area contributed by atoms with E-state index in [1.165, 1.54) is 0 Å². The second kappa shape index (κ2) is 52.9. The van der Waals surface area contributed by atoms with Crippen LogP contribution in [0.15, 0.2) is 48.9 Å². The predicted octanol–water partition coefficient (Wildman–Crippen LogP) is 4.06.